The van der Waals surface area contributed by atoms with E-state index >= 15 is 0 Å². The minimum Gasteiger partial charge on any atom is -0.435 e. The van der Waals surface area contributed by atoms with Crippen LogP contribution in [0.4, 0.5) is 13.6 Å². The molecule has 2 N–H and O–H groups in total. The summed E-state index contributed by atoms with van der Waals surface area (Å²) in [5.74, 6) is 0.0892. The van der Waals surface area contributed by atoms with Gasteiger partial charge in [0.15, 0.2) is 0 Å². The maximum Gasteiger partial charge on any atom is 0.387 e. The molecule has 1 aromatic rings. The molecule has 1 heterocycles. The lowest BCUT2D eigenvalue weighted by Crippen LogP contribution is -2.49. The first kappa shape index (κ1) is 18.4. The molecule has 2 unspecified atom stereocenters. The second kappa shape index (κ2) is 8.82. The van der Waals surface area contributed by atoms with Crippen molar-refractivity contribution < 1.29 is 23.4 Å². The summed E-state index contributed by atoms with van der Waals surface area (Å²) in [6.45, 7) is -0.262. The number of aliphatic hydroxyl groups excluding tert-OH is 1. The van der Waals surface area contributed by atoms with Crippen molar-refractivity contribution >= 4 is 6.03 Å². The number of ether oxygens (including phenoxy) is 1. The number of halogens is 2. The van der Waals surface area contributed by atoms with Crippen LogP contribution in [0.3, 0.4) is 0 Å². The van der Waals surface area contributed by atoms with E-state index in [2.05, 4.69) is 10.1 Å². The van der Waals surface area contributed by atoms with Crippen LogP contribution in [-0.2, 0) is 0 Å². The third-order valence-electron chi connectivity index (χ3n) is 4.30. The Labute approximate surface area is 140 Å². The summed E-state index contributed by atoms with van der Waals surface area (Å²) in [7, 11) is 0. The molecule has 0 bridgehead atoms. The molecule has 0 aromatic heterocycles. The quantitative estimate of drug-likeness (QED) is 0.834. The second-order valence-corrected chi connectivity index (χ2v) is 5.97. The minimum absolute atomic E-state index is 0.0651. The lowest BCUT2D eigenvalue weighted by molar-refractivity contribution is -0.0498. The van der Waals surface area contributed by atoms with Gasteiger partial charge in [-0.3, -0.25) is 0 Å². The van der Waals surface area contributed by atoms with Crippen molar-refractivity contribution in [3.63, 3.8) is 0 Å². The first-order valence-electron chi connectivity index (χ1n) is 8.24. The number of hydrogen-bond donors (Lipinski definition) is 2. The smallest absolute Gasteiger partial charge is 0.387 e. The number of piperidine rings is 1. The highest BCUT2D eigenvalue weighted by atomic mass is 19.3. The number of benzene rings is 1. The summed E-state index contributed by atoms with van der Waals surface area (Å²) in [4.78, 5) is 14.3. The van der Waals surface area contributed by atoms with Gasteiger partial charge >= 0.3 is 12.6 Å². The monoisotopic (exact) mass is 342 g/mol. The molecule has 7 heteroatoms. The molecule has 2 amide bonds. The van der Waals surface area contributed by atoms with E-state index < -0.39 is 6.61 Å². The zero-order valence-electron chi connectivity index (χ0n) is 13.8. The maximum atomic E-state index is 12.5. The standard InChI is InChI=1S/C17H24F2N2O3/c1-12(13-5-7-15(8-6-13)24-16(18)19)20-17(23)21-10-3-2-4-14(21)9-11-22/h5-8,12,14,16,22H,2-4,9-11H2,1H3,(H,20,23). The molecule has 0 saturated carbocycles. The molecule has 0 spiro atoms. The van der Waals surface area contributed by atoms with Crippen LogP contribution in [0.1, 0.15) is 44.2 Å². The predicted octanol–water partition coefficient (Wildman–Crippen LogP) is 3.30. The Hall–Kier alpha value is -1.89. The van der Waals surface area contributed by atoms with Crippen LogP contribution in [0.5, 0.6) is 5.75 Å². The van der Waals surface area contributed by atoms with E-state index in [1.165, 1.54) is 12.1 Å². The maximum absolute atomic E-state index is 12.5. The molecule has 134 valence electrons. The van der Waals surface area contributed by atoms with Crippen LogP contribution in [0.15, 0.2) is 24.3 Å². The summed E-state index contributed by atoms with van der Waals surface area (Å²) in [6, 6.07) is 5.88. The fraction of sp³-hybridized carbons (Fsp3) is 0.588. The number of aliphatic hydroxyl groups is 1. The Morgan fingerprint density at radius 1 is 1.38 bits per heavy atom. The summed E-state index contributed by atoms with van der Waals surface area (Å²) >= 11 is 0. The van der Waals surface area contributed by atoms with Gasteiger partial charge in [0.2, 0.25) is 0 Å². The molecule has 1 aliphatic rings. The van der Waals surface area contributed by atoms with Gasteiger partial charge in [0.1, 0.15) is 5.75 Å². The second-order valence-electron chi connectivity index (χ2n) is 5.97. The van der Waals surface area contributed by atoms with E-state index in [4.69, 9.17) is 5.11 Å². The summed E-state index contributed by atoms with van der Waals surface area (Å²) < 4.78 is 28.6. The number of carbonyl (C=O) groups is 1. The van der Waals surface area contributed by atoms with Crippen LogP contribution in [0.2, 0.25) is 0 Å². The Bertz CT molecular complexity index is 523. The highest BCUT2D eigenvalue weighted by Gasteiger charge is 2.27. The number of hydrogen-bond acceptors (Lipinski definition) is 3. The van der Waals surface area contributed by atoms with Gasteiger partial charge in [-0.2, -0.15) is 8.78 Å². The molecule has 2 atom stereocenters. The first-order chi connectivity index (χ1) is 11.5. The molecule has 0 aliphatic carbocycles. The summed E-state index contributed by atoms with van der Waals surface area (Å²) in [5.41, 5.74) is 0.806. The highest BCUT2D eigenvalue weighted by Crippen LogP contribution is 2.22. The largest absolute Gasteiger partial charge is 0.435 e. The Morgan fingerprint density at radius 3 is 2.71 bits per heavy atom. The Morgan fingerprint density at radius 2 is 2.08 bits per heavy atom. The molecule has 1 saturated heterocycles. The van der Waals surface area contributed by atoms with Gasteiger partial charge in [-0.25, -0.2) is 4.79 Å². The van der Waals surface area contributed by atoms with Crippen molar-refractivity contribution in [2.75, 3.05) is 13.2 Å². The van der Waals surface area contributed by atoms with Crippen LogP contribution in [0, 0.1) is 0 Å². The van der Waals surface area contributed by atoms with Crippen LogP contribution < -0.4 is 10.1 Å². The predicted molar refractivity (Wildman–Crippen MR) is 86.1 cm³/mol. The first-order valence-corrected chi connectivity index (χ1v) is 8.24. The average molecular weight is 342 g/mol. The molecule has 0 radical (unpaired) electrons. The number of likely N-dealkylation sites (tertiary alicyclic amines) is 1. The average Bonchev–Trinajstić information content (AvgIpc) is 2.55. The lowest BCUT2D eigenvalue weighted by atomic mass is 10.00. The van der Waals surface area contributed by atoms with E-state index in [0.717, 1.165) is 24.8 Å². The zero-order chi connectivity index (χ0) is 17.5. The van der Waals surface area contributed by atoms with Crippen molar-refractivity contribution in [1.29, 1.82) is 0 Å². The molecule has 1 aliphatic heterocycles. The molecule has 24 heavy (non-hydrogen) atoms. The van der Waals surface area contributed by atoms with Crippen molar-refractivity contribution in [3.8, 4) is 5.75 Å². The van der Waals surface area contributed by atoms with Crippen molar-refractivity contribution in [3.05, 3.63) is 29.8 Å². The normalized spacial score (nSPS) is 19.2. The molecular formula is C17H24F2N2O3. The third kappa shape index (κ3) is 5.06. The van der Waals surface area contributed by atoms with E-state index in [9.17, 15) is 13.6 Å². The van der Waals surface area contributed by atoms with Crippen molar-refractivity contribution in [2.24, 2.45) is 0 Å². The molecule has 5 nitrogen and oxygen atoms in total. The summed E-state index contributed by atoms with van der Waals surface area (Å²) in [5, 5.41) is 12.1. The van der Waals surface area contributed by atoms with Gasteiger partial charge in [0.25, 0.3) is 0 Å². The Kier molecular flexibility index (Phi) is 6.78. The van der Waals surface area contributed by atoms with E-state index in [1.54, 1.807) is 17.0 Å². The van der Waals surface area contributed by atoms with Crippen LogP contribution in [-0.4, -0.2) is 41.8 Å². The van der Waals surface area contributed by atoms with Crippen molar-refractivity contribution in [2.45, 2.75) is 51.3 Å². The fourth-order valence-corrected chi connectivity index (χ4v) is 3.01. The number of nitrogens with zero attached hydrogens (tertiary/aromatic N) is 1. The molecular weight excluding hydrogens is 318 g/mol. The minimum atomic E-state index is -2.85. The molecule has 2 rings (SSSR count). The number of carbonyl (C=O) groups excluding carboxylic acids is 1. The van der Waals surface area contributed by atoms with Gasteiger partial charge in [0, 0.05) is 19.2 Å². The SMILES string of the molecule is CC(NC(=O)N1CCCCC1CCO)c1ccc(OC(F)F)cc1. The fourth-order valence-electron chi connectivity index (χ4n) is 3.01. The number of amides is 2. The lowest BCUT2D eigenvalue weighted by Gasteiger charge is -2.36. The van der Waals surface area contributed by atoms with Crippen LogP contribution >= 0.6 is 0 Å². The third-order valence-corrected chi connectivity index (χ3v) is 4.30. The van der Waals surface area contributed by atoms with Gasteiger partial charge in [-0.05, 0) is 50.3 Å². The van der Waals surface area contributed by atoms with Crippen LogP contribution in [0.25, 0.3) is 0 Å². The topological polar surface area (TPSA) is 61.8 Å². The number of rotatable bonds is 6. The zero-order valence-corrected chi connectivity index (χ0v) is 13.8. The highest BCUT2D eigenvalue weighted by molar-refractivity contribution is 5.75. The van der Waals surface area contributed by atoms with E-state index in [1.807, 2.05) is 6.92 Å². The van der Waals surface area contributed by atoms with Gasteiger partial charge in [0.05, 0.1) is 6.04 Å². The van der Waals surface area contributed by atoms with E-state index in [-0.39, 0.29) is 30.5 Å². The number of nitrogens with one attached hydrogen (secondary N) is 1. The molecule has 1 fully saturated rings. The Balaban J connectivity index is 1.94. The number of alkyl halides is 2. The van der Waals surface area contributed by atoms with Gasteiger partial charge in [-0.1, -0.05) is 12.1 Å². The van der Waals surface area contributed by atoms with Gasteiger partial charge in [-0.15, -0.1) is 0 Å². The summed E-state index contributed by atoms with van der Waals surface area (Å²) in [6.07, 6.45) is 3.52. The number of urea groups is 1. The van der Waals surface area contributed by atoms with E-state index in [0.29, 0.717) is 13.0 Å². The van der Waals surface area contributed by atoms with Crippen molar-refractivity contribution in [1.82, 2.24) is 10.2 Å². The van der Waals surface area contributed by atoms with Gasteiger partial charge < -0.3 is 20.1 Å². The molecule has 1 aromatic carbocycles.